The van der Waals surface area contributed by atoms with Gasteiger partial charge in [0.2, 0.25) is 5.91 Å². The fourth-order valence-corrected chi connectivity index (χ4v) is 7.44. The lowest BCUT2D eigenvalue weighted by Crippen LogP contribution is -2.60. The van der Waals surface area contributed by atoms with E-state index in [4.69, 9.17) is 4.98 Å². The molecule has 4 aliphatic rings. The third-order valence-electron chi connectivity index (χ3n) is 7.88. The minimum atomic E-state index is 0.264. The summed E-state index contributed by atoms with van der Waals surface area (Å²) in [5.74, 6) is 1.59. The van der Waals surface area contributed by atoms with Crippen LogP contribution in [0.4, 0.5) is 0 Å². The molecule has 162 valence electrons. The Kier molecular flexibility index (Phi) is 5.19. The number of amides is 1. The second-order valence-electron chi connectivity index (χ2n) is 9.78. The molecule has 1 aliphatic carbocycles. The second kappa shape index (κ2) is 8.18. The highest BCUT2D eigenvalue weighted by molar-refractivity contribution is 7.13. The summed E-state index contributed by atoms with van der Waals surface area (Å²) in [6.07, 6.45) is 10.7. The molecule has 1 aromatic heterocycles. The zero-order valence-corrected chi connectivity index (χ0v) is 18.9. The topological polar surface area (TPSA) is 36.4 Å². The van der Waals surface area contributed by atoms with Crippen LogP contribution in [0.5, 0.6) is 0 Å². The molecule has 4 atom stereocenters. The summed E-state index contributed by atoms with van der Waals surface area (Å²) in [5, 5.41) is 3.07. The normalized spacial score (nSPS) is 30.3. The van der Waals surface area contributed by atoms with Gasteiger partial charge in [-0.05, 0) is 50.5 Å². The maximum atomic E-state index is 13.5. The Bertz CT molecular complexity index is 984. The lowest BCUT2D eigenvalue weighted by Gasteiger charge is -2.54. The summed E-state index contributed by atoms with van der Waals surface area (Å²) in [6.45, 7) is 3.34. The Morgan fingerprint density at radius 1 is 1.13 bits per heavy atom. The lowest BCUT2D eigenvalue weighted by molar-refractivity contribution is -0.135. The zero-order chi connectivity index (χ0) is 20.8. The smallest absolute Gasteiger partial charge is 0.229 e. The quantitative estimate of drug-likeness (QED) is 0.654. The van der Waals surface area contributed by atoms with Gasteiger partial charge in [0.05, 0.1) is 18.2 Å². The Labute approximate surface area is 189 Å². The monoisotopic (exact) mass is 433 g/mol. The van der Waals surface area contributed by atoms with Crippen LogP contribution in [0.25, 0.3) is 10.6 Å². The maximum absolute atomic E-state index is 13.5. The number of rotatable bonds is 3. The fraction of sp³-hybridized carbons (Fsp3) is 0.538. The van der Waals surface area contributed by atoms with Crippen molar-refractivity contribution in [3.05, 3.63) is 53.1 Å². The van der Waals surface area contributed by atoms with Crippen molar-refractivity contribution in [3.63, 3.8) is 0 Å². The molecule has 3 saturated heterocycles. The van der Waals surface area contributed by atoms with Gasteiger partial charge < -0.3 is 4.90 Å². The zero-order valence-electron chi connectivity index (χ0n) is 18.1. The van der Waals surface area contributed by atoms with E-state index in [0.717, 1.165) is 35.3 Å². The van der Waals surface area contributed by atoms with Crippen molar-refractivity contribution < 1.29 is 4.79 Å². The highest BCUT2D eigenvalue weighted by atomic mass is 32.1. The number of hydrogen-bond donors (Lipinski definition) is 0. The van der Waals surface area contributed by atoms with Gasteiger partial charge in [-0.15, -0.1) is 11.3 Å². The third kappa shape index (κ3) is 3.66. The van der Waals surface area contributed by atoms with E-state index in [9.17, 15) is 4.79 Å². The number of likely N-dealkylation sites (tertiary alicyclic amines) is 1. The van der Waals surface area contributed by atoms with Crippen LogP contribution in [-0.4, -0.2) is 52.4 Å². The van der Waals surface area contributed by atoms with E-state index in [1.165, 1.54) is 45.2 Å². The first kappa shape index (κ1) is 19.7. The molecule has 3 aliphatic heterocycles. The summed E-state index contributed by atoms with van der Waals surface area (Å²) in [6, 6.07) is 11.4. The Balaban J connectivity index is 1.21. The summed E-state index contributed by atoms with van der Waals surface area (Å²) in [4.78, 5) is 23.2. The van der Waals surface area contributed by atoms with Gasteiger partial charge in [-0.1, -0.05) is 48.4 Å². The van der Waals surface area contributed by atoms with Gasteiger partial charge in [0.1, 0.15) is 5.01 Å². The Morgan fingerprint density at radius 2 is 2.03 bits per heavy atom. The van der Waals surface area contributed by atoms with Gasteiger partial charge in [-0.2, -0.15) is 0 Å². The first-order chi connectivity index (χ1) is 15.3. The maximum Gasteiger partial charge on any atom is 0.229 e. The molecule has 1 aromatic carbocycles. The summed E-state index contributed by atoms with van der Waals surface area (Å²) in [5.41, 5.74) is 3.61. The van der Waals surface area contributed by atoms with Crippen LogP contribution >= 0.6 is 11.3 Å². The molecule has 0 radical (unpaired) electrons. The highest BCUT2D eigenvalue weighted by Crippen LogP contribution is 2.45. The Hall–Kier alpha value is -1.98. The van der Waals surface area contributed by atoms with Gasteiger partial charge in [-0.25, -0.2) is 4.98 Å². The highest BCUT2D eigenvalue weighted by Gasteiger charge is 2.46. The van der Waals surface area contributed by atoms with Crippen molar-refractivity contribution in [1.29, 1.82) is 0 Å². The van der Waals surface area contributed by atoms with E-state index < -0.39 is 0 Å². The average molecular weight is 434 g/mol. The molecule has 2 bridgehead atoms. The lowest BCUT2D eigenvalue weighted by atomic mass is 9.68. The predicted molar refractivity (Wildman–Crippen MR) is 125 cm³/mol. The number of thiazole rings is 1. The van der Waals surface area contributed by atoms with Crippen molar-refractivity contribution in [2.75, 3.05) is 19.6 Å². The summed E-state index contributed by atoms with van der Waals surface area (Å²) >= 11 is 1.64. The molecule has 5 heteroatoms. The van der Waals surface area contributed by atoms with Crippen molar-refractivity contribution in [2.24, 2.45) is 11.8 Å². The van der Waals surface area contributed by atoms with Gasteiger partial charge in [0.25, 0.3) is 0 Å². The van der Waals surface area contributed by atoms with Crippen LogP contribution in [0.15, 0.2) is 47.4 Å². The number of fused-ring (bicyclic) bond motifs is 6. The van der Waals surface area contributed by atoms with Gasteiger partial charge in [0.15, 0.2) is 0 Å². The molecule has 6 rings (SSSR count). The molecule has 4 nitrogen and oxygen atoms in total. The number of piperidine rings is 3. The number of carbonyl (C=O) groups excluding carboxylic acids is 1. The van der Waals surface area contributed by atoms with E-state index in [-0.39, 0.29) is 5.91 Å². The molecule has 2 unspecified atom stereocenters. The van der Waals surface area contributed by atoms with Crippen molar-refractivity contribution in [3.8, 4) is 10.6 Å². The van der Waals surface area contributed by atoms with E-state index in [0.29, 0.717) is 24.3 Å². The van der Waals surface area contributed by atoms with Crippen molar-refractivity contribution in [2.45, 2.75) is 57.0 Å². The predicted octanol–water partition coefficient (Wildman–Crippen LogP) is 4.77. The molecule has 0 N–H and O–H groups in total. The van der Waals surface area contributed by atoms with Gasteiger partial charge in [0, 0.05) is 30.1 Å². The molecular weight excluding hydrogens is 402 g/mol. The van der Waals surface area contributed by atoms with Crippen LogP contribution in [-0.2, 0) is 11.2 Å². The first-order valence-electron chi connectivity index (χ1n) is 12.0. The molecule has 0 saturated carbocycles. The standard InChI is InChI=1S/C26H31N3OS/c30-24(15-22-17-31-26(27-22)18-7-2-1-3-8-18)29-12-6-9-19-13-20-14-21(25(19)29)16-28-11-5-4-10-23(20)28/h1-3,7-8,13,17,20-21,23,25H,4-6,9-12,14-16H2/t20?,21?,23-,25-/m1/s1. The molecule has 3 fully saturated rings. The van der Waals surface area contributed by atoms with Gasteiger partial charge in [-0.3, -0.25) is 9.69 Å². The number of hydrogen-bond acceptors (Lipinski definition) is 4. The molecule has 31 heavy (non-hydrogen) atoms. The summed E-state index contributed by atoms with van der Waals surface area (Å²) in [7, 11) is 0. The Morgan fingerprint density at radius 3 is 2.94 bits per heavy atom. The number of benzene rings is 1. The van der Waals surface area contributed by atoms with Crippen LogP contribution in [0.3, 0.4) is 0 Å². The van der Waals surface area contributed by atoms with E-state index >= 15 is 0 Å². The average Bonchev–Trinajstić information content (AvgIpc) is 3.28. The van der Waals surface area contributed by atoms with Crippen LogP contribution in [0.1, 0.15) is 44.2 Å². The number of carbonyl (C=O) groups is 1. The third-order valence-corrected chi connectivity index (χ3v) is 8.82. The van der Waals surface area contributed by atoms with Crippen LogP contribution in [0, 0.1) is 11.8 Å². The second-order valence-corrected chi connectivity index (χ2v) is 10.6. The van der Waals surface area contributed by atoms with E-state index in [2.05, 4.69) is 33.4 Å². The van der Waals surface area contributed by atoms with Crippen LogP contribution in [0.2, 0.25) is 0 Å². The molecule has 1 amide bonds. The van der Waals surface area contributed by atoms with Crippen molar-refractivity contribution in [1.82, 2.24) is 14.8 Å². The summed E-state index contributed by atoms with van der Waals surface area (Å²) < 4.78 is 0. The van der Waals surface area contributed by atoms with E-state index in [1.54, 1.807) is 16.9 Å². The largest absolute Gasteiger partial charge is 0.335 e. The number of aromatic nitrogens is 1. The molecule has 4 heterocycles. The van der Waals surface area contributed by atoms with Crippen molar-refractivity contribution >= 4 is 17.2 Å². The molecular formula is C26H31N3OS. The first-order valence-corrected chi connectivity index (χ1v) is 12.9. The fourth-order valence-electron chi connectivity index (χ4n) is 6.61. The molecule has 0 spiro atoms. The van der Waals surface area contributed by atoms with Crippen LogP contribution < -0.4 is 0 Å². The van der Waals surface area contributed by atoms with Gasteiger partial charge >= 0.3 is 0 Å². The number of nitrogens with zero attached hydrogens (tertiary/aromatic N) is 3. The minimum absolute atomic E-state index is 0.264. The minimum Gasteiger partial charge on any atom is -0.335 e. The van der Waals surface area contributed by atoms with E-state index in [1.807, 2.05) is 18.2 Å². The SMILES string of the molecule is O=C(Cc1csc(-c2ccccc2)n1)N1CCCC2=CC3CC(CN4CCCC[C@H]34)[C@@H]21. The molecule has 2 aromatic rings.